The molecule has 0 N–H and O–H groups in total. The van der Waals surface area contributed by atoms with E-state index in [1.165, 1.54) is 0 Å². The highest BCUT2D eigenvalue weighted by Crippen LogP contribution is 2.26. The van der Waals surface area contributed by atoms with Crippen molar-refractivity contribution in [1.29, 1.82) is 0 Å². The minimum Gasteiger partial charge on any atom is -0.444 e. The number of benzene rings is 2. The van der Waals surface area contributed by atoms with Crippen molar-refractivity contribution in [1.82, 2.24) is 4.90 Å². The Morgan fingerprint density at radius 1 is 0.861 bits per heavy atom. The molecule has 0 aromatic heterocycles. The largest absolute Gasteiger partial charge is 0.444 e. The Morgan fingerprint density at radius 3 is 2.17 bits per heavy atom. The molecule has 6 heteroatoms. The normalized spacial score (nSPS) is 12.6. The van der Waals surface area contributed by atoms with Crippen LogP contribution in [0.15, 0.2) is 66.7 Å². The zero-order valence-electron chi connectivity index (χ0n) is 22.4. The van der Waals surface area contributed by atoms with E-state index < -0.39 is 5.60 Å². The van der Waals surface area contributed by atoms with E-state index in [-0.39, 0.29) is 12.1 Å². The maximum absolute atomic E-state index is 13.3. The monoisotopic (exact) mass is 497 g/mol. The minimum atomic E-state index is -0.567. The number of methoxy groups -OCH3 is 1. The van der Waals surface area contributed by atoms with Gasteiger partial charge in [-0.25, -0.2) is 4.79 Å². The molecule has 0 aliphatic rings. The molecule has 0 radical (unpaired) electrons. The molecule has 0 saturated heterocycles. The maximum atomic E-state index is 13.3. The second kappa shape index (κ2) is 16.9. The van der Waals surface area contributed by atoms with Crippen LogP contribution in [0.25, 0.3) is 6.08 Å². The first-order valence-corrected chi connectivity index (χ1v) is 12.8. The van der Waals surface area contributed by atoms with Gasteiger partial charge in [0.2, 0.25) is 0 Å². The lowest BCUT2D eigenvalue weighted by Gasteiger charge is -2.32. The van der Waals surface area contributed by atoms with Gasteiger partial charge in [0.25, 0.3) is 0 Å². The zero-order chi connectivity index (χ0) is 26.1. The second-order valence-electron chi connectivity index (χ2n) is 9.64. The van der Waals surface area contributed by atoms with Gasteiger partial charge in [-0.2, -0.15) is 0 Å². The third kappa shape index (κ3) is 12.3. The fraction of sp³-hybridized carbons (Fsp3) is 0.500. The quantitative estimate of drug-likeness (QED) is 0.187. The number of amides is 1. The number of rotatable bonds is 16. The van der Waals surface area contributed by atoms with Crippen LogP contribution in [-0.4, -0.2) is 56.9 Å². The molecule has 0 saturated carbocycles. The van der Waals surface area contributed by atoms with Crippen LogP contribution in [0.3, 0.4) is 0 Å². The Balaban J connectivity index is 2.01. The van der Waals surface area contributed by atoms with Gasteiger partial charge in [0.1, 0.15) is 12.4 Å². The van der Waals surface area contributed by atoms with Crippen LogP contribution >= 0.6 is 0 Å². The van der Waals surface area contributed by atoms with E-state index in [4.69, 9.17) is 18.9 Å². The number of hydrogen-bond acceptors (Lipinski definition) is 5. The number of unbranched alkanes of at least 4 members (excludes halogenated alkanes) is 3. The van der Waals surface area contributed by atoms with E-state index in [2.05, 4.69) is 36.4 Å². The molecular weight excluding hydrogens is 454 g/mol. The van der Waals surface area contributed by atoms with Crippen LogP contribution in [0.4, 0.5) is 4.79 Å². The van der Waals surface area contributed by atoms with Crippen molar-refractivity contribution >= 4 is 12.2 Å². The fourth-order valence-electron chi connectivity index (χ4n) is 3.63. The van der Waals surface area contributed by atoms with Gasteiger partial charge in [-0.15, -0.1) is 0 Å². The van der Waals surface area contributed by atoms with Crippen LogP contribution < -0.4 is 0 Å². The fourth-order valence-corrected chi connectivity index (χ4v) is 3.63. The summed E-state index contributed by atoms with van der Waals surface area (Å²) in [6.07, 6.45) is 7.72. The SMILES string of the molecule is COCCOCOCCCCCCN(C(=O)OC(C)(C)C)C(/C=C/c1ccccc1)c1ccccc1. The van der Waals surface area contributed by atoms with Crippen molar-refractivity contribution in [3.05, 3.63) is 77.9 Å². The smallest absolute Gasteiger partial charge is 0.411 e. The highest BCUT2D eigenvalue weighted by Gasteiger charge is 2.27. The van der Waals surface area contributed by atoms with Gasteiger partial charge in [-0.3, -0.25) is 4.90 Å². The van der Waals surface area contributed by atoms with Crippen molar-refractivity contribution in [3.8, 4) is 0 Å². The predicted octanol–water partition coefficient (Wildman–Crippen LogP) is 6.88. The Hall–Kier alpha value is -2.67. The molecule has 2 aromatic rings. The van der Waals surface area contributed by atoms with Gasteiger partial charge in [-0.1, -0.05) is 85.7 Å². The van der Waals surface area contributed by atoms with Crippen molar-refractivity contribution < 1.29 is 23.7 Å². The highest BCUT2D eigenvalue weighted by molar-refractivity contribution is 5.69. The topological polar surface area (TPSA) is 57.2 Å². The summed E-state index contributed by atoms with van der Waals surface area (Å²) >= 11 is 0. The number of hydrogen-bond donors (Lipinski definition) is 0. The van der Waals surface area contributed by atoms with Crippen molar-refractivity contribution in [2.45, 2.75) is 58.1 Å². The Bertz CT molecular complexity index is 864. The van der Waals surface area contributed by atoms with Gasteiger partial charge < -0.3 is 18.9 Å². The van der Waals surface area contributed by atoms with Gasteiger partial charge in [0.15, 0.2) is 0 Å². The molecule has 0 fully saturated rings. The van der Waals surface area contributed by atoms with E-state index in [1.54, 1.807) is 7.11 Å². The molecule has 1 unspecified atom stereocenters. The molecule has 2 rings (SSSR count). The second-order valence-corrected chi connectivity index (χ2v) is 9.64. The number of carbonyl (C=O) groups is 1. The minimum absolute atomic E-state index is 0.228. The molecule has 1 amide bonds. The first kappa shape index (κ1) is 29.6. The molecule has 1 atom stereocenters. The molecule has 0 aliphatic heterocycles. The highest BCUT2D eigenvalue weighted by atomic mass is 16.7. The summed E-state index contributed by atoms with van der Waals surface area (Å²) in [5.41, 5.74) is 1.58. The third-order valence-electron chi connectivity index (χ3n) is 5.41. The number of ether oxygens (including phenoxy) is 4. The number of carbonyl (C=O) groups excluding carboxylic acids is 1. The van der Waals surface area contributed by atoms with Gasteiger partial charge in [0.05, 0.1) is 19.3 Å². The lowest BCUT2D eigenvalue weighted by molar-refractivity contribution is -0.0664. The molecular formula is C30H43NO5. The summed E-state index contributed by atoms with van der Waals surface area (Å²) in [4.78, 5) is 15.2. The summed E-state index contributed by atoms with van der Waals surface area (Å²) in [7, 11) is 1.65. The summed E-state index contributed by atoms with van der Waals surface area (Å²) in [5, 5.41) is 0. The van der Waals surface area contributed by atoms with Crippen LogP contribution in [0.2, 0.25) is 0 Å². The lowest BCUT2D eigenvalue weighted by atomic mass is 10.0. The summed E-state index contributed by atoms with van der Waals surface area (Å²) in [6, 6.07) is 20.0. The molecule has 0 aliphatic carbocycles. The van der Waals surface area contributed by atoms with Crippen LogP contribution in [-0.2, 0) is 18.9 Å². The van der Waals surface area contributed by atoms with E-state index in [0.29, 0.717) is 33.2 Å². The average Bonchev–Trinajstić information content (AvgIpc) is 2.86. The Labute approximate surface area is 217 Å². The van der Waals surface area contributed by atoms with Crippen molar-refractivity contribution in [2.24, 2.45) is 0 Å². The summed E-state index contributed by atoms with van der Waals surface area (Å²) in [5.74, 6) is 0. The summed E-state index contributed by atoms with van der Waals surface area (Å²) < 4.78 is 21.6. The van der Waals surface area contributed by atoms with E-state index in [9.17, 15) is 4.79 Å². The van der Waals surface area contributed by atoms with Crippen LogP contribution in [0.1, 0.15) is 63.6 Å². The first-order valence-electron chi connectivity index (χ1n) is 12.8. The van der Waals surface area contributed by atoms with E-state index >= 15 is 0 Å². The molecule has 2 aromatic carbocycles. The average molecular weight is 498 g/mol. The first-order chi connectivity index (χ1) is 17.4. The van der Waals surface area contributed by atoms with E-state index in [1.807, 2.05) is 62.1 Å². The molecule has 0 bridgehead atoms. The Kier molecular flexibility index (Phi) is 13.9. The standard InChI is InChI=1S/C30H43NO5/c1-30(2,3)36-29(32)31(21-13-5-6-14-22-34-25-35-24-23-33-4)28(27-17-11-8-12-18-27)20-19-26-15-9-7-10-16-26/h7-12,15-20,28H,5-6,13-14,21-25H2,1-4H3/b20-19+. The maximum Gasteiger partial charge on any atom is 0.411 e. The van der Waals surface area contributed by atoms with Crippen molar-refractivity contribution in [2.75, 3.05) is 40.3 Å². The van der Waals surface area contributed by atoms with Crippen LogP contribution in [0.5, 0.6) is 0 Å². The molecule has 6 nitrogen and oxygen atoms in total. The third-order valence-corrected chi connectivity index (χ3v) is 5.41. The van der Waals surface area contributed by atoms with Gasteiger partial charge in [0, 0.05) is 20.3 Å². The number of nitrogens with zero attached hydrogens (tertiary/aromatic N) is 1. The van der Waals surface area contributed by atoms with E-state index in [0.717, 1.165) is 36.8 Å². The summed E-state index contributed by atoms with van der Waals surface area (Å²) in [6.45, 7) is 8.38. The van der Waals surface area contributed by atoms with Gasteiger partial charge >= 0.3 is 6.09 Å². The lowest BCUT2D eigenvalue weighted by Crippen LogP contribution is -2.39. The van der Waals surface area contributed by atoms with Gasteiger partial charge in [-0.05, 0) is 44.7 Å². The van der Waals surface area contributed by atoms with Crippen LogP contribution in [0, 0.1) is 0 Å². The van der Waals surface area contributed by atoms with Crippen molar-refractivity contribution in [3.63, 3.8) is 0 Å². The molecule has 0 spiro atoms. The molecule has 198 valence electrons. The molecule has 36 heavy (non-hydrogen) atoms. The molecule has 0 heterocycles. The zero-order valence-corrected chi connectivity index (χ0v) is 22.4. The Morgan fingerprint density at radius 2 is 1.50 bits per heavy atom. The predicted molar refractivity (Wildman–Crippen MR) is 145 cm³/mol.